The highest BCUT2D eigenvalue weighted by Gasteiger charge is 2.24. The van der Waals surface area contributed by atoms with Crippen LogP contribution in [-0.2, 0) is 4.79 Å². The molecule has 2 unspecified atom stereocenters. The monoisotopic (exact) mass is 353 g/mol. The van der Waals surface area contributed by atoms with Gasteiger partial charge < -0.3 is 10.2 Å². The van der Waals surface area contributed by atoms with Gasteiger partial charge in [0.2, 0.25) is 5.91 Å². The molecule has 2 atom stereocenters. The van der Waals surface area contributed by atoms with E-state index >= 15 is 0 Å². The lowest BCUT2D eigenvalue weighted by molar-refractivity contribution is -0.132. The Kier molecular flexibility index (Phi) is 8.78. The number of carbonyl (C=O) groups is 1. The zero-order valence-electron chi connectivity index (χ0n) is 13.0. The molecular formula is C14H25Cl2N3OS. The molecule has 1 aromatic rings. The third-order valence-corrected chi connectivity index (χ3v) is 5.12. The summed E-state index contributed by atoms with van der Waals surface area (Å²) >= 11 is 1.69. The number of hydrogen-bond donors (Lipinski definition) is 1. The lowest BCUT2D eigenvalue weighted by atomic mass is 10.1. The van der Waals surface area contributed by atoms with E-state index in [1.165, 1.54) is 11.3 Å². The highest BCUT2D eigenvalue weighted by molar-refractivity contribution is 7.11. The van der Waals surface area contributed by atoms with E-state index in [9.17, 15) is 4.79 Å². The fourth-order valence-corrected chi connectivity index (χ4v) is 3.64. The van der Waals surface area contributed by atoms with Crippen LogP contribution >= 0.6 is 36.2 Å². The minimum Gasteiger partial charge on any atom is -0.338 e. The number of aryl methyl sites for hydroxylation is 2. The molecule has 2 rings (SSSR count). The molecule has 0 spiro atoms. The first-order valence-electron chi connectivity index (χ1n) is 6.92. The highest BCUT2D eigenvalue weighted by atomic mass is 35.5. The minimum absolute atomic E-state index is 0. The number of hydrogen-bond acceptors (Lipinski definition) is 4. The van der Waals surface area contributed by atoms with E-state index < -0.39 is 0 Å². The number of carbonyl (C=O) groups excluding carboxylic acids is 1. The Hall–Kier alpha value is -0.360. The third kappa shape index (κ3) is 5.09. The van der Waals surface area contributed by atoms with Crippen molar-refractivity contribution in [3.05, 3.63) is 15.6 Å². The van der Waals surface area contributed by atoms with Crippen LogP contribution in [0.5, 0.6) is 0 Å². The summed E-state index contributed by atoms with van der Waals surface area (Å²) in [6.07, 6.45) is 2.91. The summed E-state index contributed by atoms with van der Waals surface area (Å²) in [5.41, 5.74) is 1.05. The van der Waals surface area contributed by atoms with Crippen molar-refractivity contribution < 1.29 is 4.79 Å². The number of halogens is 2. The molecule has 7 heteroatoms. The van der Waals surface area contributed by atoms with E-state index in [1.807, 2.05) is 25.8 Å². The van der Waals surface area contributed by atoms with Gasteiger partial charge in [0.05, 0.1) is 16.7 Å². The smallest absolute Gasteiger partial charge is 0.224 e. The van der Waals surface area contributed by atoms with Gasteiger partial charge in [-0.1, -0.05) is 0 Å². The van der Waals surface area contributed by atoms with Crippen LogP contribution in [0.4, 0.5) is 0 Å². The second-order valence-corrected chi connectivity index (χ2v) is 6.60. The fraction of sp³-hybridized carbons (Fsp3) is 0.714. The lowest BCUT2D eigenvalue weighted by Gasteiger charge is -2.25. The molecular weight excluding hydrogens is 329 g/mol. The summed E-state index contributed by atoms with van der Waals surface area (Å²) in [6.45, 7) is 7.16. The normalized spacial score (nSPS) is 18.6. The SMILES string of the molecule is Cc1nc(C)c(C(C)N(C)C(=O)CC2CCCN2)s1.Cl.Cl. The lowest BCUT2D eigenvalue weighted by Crippen LogP contribution is -2.34. The summed E-state index contributed by atoms with van der Waals surface area (Å²) in [5.74, 6) is 0.220. The molecule has 0 aromatic carbocycles. The van der Waals surface area contributed by atoms with E-state index in [0.717, 1.165) is 23.7 Å². The molecule has 2 heterocycles. The number of aromatic nitrogens is 1. The number of amides is 1. The molecule has 1 aliphatic rings. The molecule has 1 aliphatic heterocycles. The molecule has 0 radical (unpaired) electrons. The minimum atomic E-state index is 0. The largest absolute Gasteiger partial charge is 0.338 e. The van der Waals surface area contributed by atoms with Crippen molar-refractivity contribution in [3.8, 4) is 0 Å². The van der Waals surface area contributed by atoms with Crippen LogP contribution in [0.2, 0.25) is 0 Å². The van der Waals surface area contributed by atoms with Gasteiger partial charge in [0.1, 0.15) is 0 Å². The van der Waals surface area contributed by atoms with Gasteiger partial charge in [0.25, 0.3) is 0 Å². The Balaban J connectivity index is 0.00000200. The molecule has 0 saturated carbocycles. The van der Waals surface area contributed by atoms with Crippen LogP contribution in [0, 0.1) is 13.8 Å². The molecule has 1 fully saturated rings. The van der Waals surface area contributed by atoms with Crippen molar-refractivity contribution in [2.75, 3.05) is 13.6 Å². The van der Waals surface area contributed by atoms with Crippen molar-refractivity contribution in [1.29, 1.82) is 0 Å². The van der Waals surface area contributed by atoms with E-state index in [4.69, 9.17) is 0 Å². The standard InChI is InChI=1S/C14H23N3OS.2ClH/c1-9-14(19-11(3)16-9)10(2)17(4)13(18)8-12-6-5-7-15-12;;/h10,12,15H,5-8H2,1-4H3;2*1H. The van der Waals surface area contributed by atoms with Crippen LogP contribution in [0.25, 0.3) is 0 Å². The predicted molar refractivity (Wildman–Crippen MR) is 92.9 cm³/mol. The number of nitrogens with zero attached hydrogens (tertiary/aromatic N) is 2. The molecule has 0 aliphatic carbocycles. The Labute approximate surface area is 143 Å². The average Bonchev–Trinajstić information content (AvgIpc) is 2.97. The second kappa shape index (κ2) is 8.93. The zero-order valence-corrected chi connectivity index (χ0v) is 15.5. The molecule has 1 amide bonds. The summed E-state index contributed by atoms with van der Waals surface area (Å²) < 4.78 is 0. The van der Waals surface area contributed by atoms with Crippen molar-refractivity contribution >= 4 is 42.1 Å². The average molecular weight is 354 g/mol. The summed E-state index contributed by atoms with van der Waals surface area (Å²) in [4.78, 5) is 19.8. The molecule has 4 nitrogen and oxygen atoms in total. The van der Waals surface area contributed by atoms with Gasteiger partial charge >= 0.3 is 0 Å². The molecule has 0 bridgehead atoms. The number of rotatable bonds is 4. The first kappa shape index (κ1) is 20.6. The highest BCUT2D eigenvalue weighted by Crippen LogP contribution is 2.28. The Morgan fingerprint density at radius 2 is 2.14 bits per heavy atom. The maximum absolute atomic E-state index is 12.3. The van der Waals surface area contributed by atoms with Crippen LogP contribution in [0.3, 0.4) is 0 Å². The van der Waals surface area contributed by atoms with Crippen LogP contribution in [-0.4, -0.2) is 35.4 Å². The summed E-state index contributed by atoms with van der Waals surface area (Å²) in [7, 11) is 1.90. The first-order chi connectivity index (χ1) is 8.99. The summed E-state index contributed by atoms with van der Waals surface area (Å²) in [5, 5.41) is 4.45. The Morgan fingerprint density at radius 1 is 1.48 bits per heavy atom. The predicted octanol–water partition coefficient (Wildman–Crippen LogP) is 3.27. The maximum atomic E-state index is 12.3. The van der Waals surface area contributed by atoms with Crippen LogP contribution in [0.1, 0.15) is 47.8 Å². The van der Waals surface area contributed by atoms with Crippen LogP contribution in [0.15, 0.2) is 0 Å². The van der Waals surface area contributed by atoms with E-state index in [0.29, 0.717) is 12.5 Å². The third-order valence-electron chi connectivity index (χ3n) is 3.88. The van der Waals surface area contributed by atoms with Gasteiger partial charge in [-0.3, -0.25) is 4.79 Å². The van der Waals surface area contributed by atoms with Crippen molar-refractivity contribution in [2.45, 2.75) is 52.1 Å². The topological polar surface area (TPSA) is 45.2 Å². The zero-order chi connectivity index (χ0) is 14.0. The van der Waals surface area contributed by atoms with Gasteiger partial charge in [0.15, 0.2) is 0 Å². The Bertz CT molecular complexity index is 461. The van der Waals surface area contributed by atoms with Crippen molar-refractivity contribution in [2.24, 2.45) is 0 Å². The first-order valence-corrected chi connectivity index (χ1v) is 7.73. The Morgan fingerprint density at radius 3 is 2.62 bits per heavy atom. The number of thiazole rings is 1. The van der Waals surface area contributed by atoms with Crippen molar-refractivity contribution in [1.82, 2.24) is 15.2 Å². The maximum Gasteiger partial charge on any atom is 0.224 e. The van der Waals surface area contributed by atoms with E-state index in [1.54, 1.807) is 11.3 Å². The molecule has 21 heavy (non-hydrogen) atoms. The van der Waals surface area contributed by atoms with Gasteiger partial charge in [-0.2, -0.15) is 0 Å². The van der Waals surface area contributed by atoms with Gasteiger partial charge in [-0.05, 0) is 40.2 Å². The molecule has 1 N–H and O–H groups in total. The summed E-state index contributed by atoms with van der Waals surface area (Å²) in [6, 6.07) is 0.478. The van der Waals surface area contributed by atoms with Crippen molar-refractivity contribution in [3.63, 3.8) is 0 Å². The van der Waals surface area contributed by atoms with Gasteiger partial charge in [0, 0.05) is 24.4 Å². The molecule has 1 aromatic heterocycles. The molecule has 1 saturated heterocycles. The molecule has 122 valence electrons. The van der Waals surface area contributed by atoms with Gasteiger partial charge in [-0.25, -0.2) is 4.98 Å². The van der Waals surface area contributed by atoms with E-state index in [2.05, 4.69) is 17.2 Å². The van der Waals surface area contributed by atoms with E-state index in [-0.39, 0.29) is 36.8 Å². The fourth-order valence-electron chi connectivity index (χ4n) is 2.61. The number of nitrogens with one attached hydrogen (secondary N) is 1. The quantitative estimate of drug-likeness (QED) is 0.903. The second-order valence-electron chi connectivity index (χ2n) is 5.36. The van der Waals surface area contributed by atoms with Gasteiger partial charge in [-0.15, -0.1) is 36.2 Å². The van der Waals surface area contributed by atoms with Crippen LogP contribution < -0.4 is 5.32 Å².